The van der Waals surface area contributed by atoms with Gasteiger partial charge in [-0.25, -0.2) is 0 Å². The second-order valence-corrected chi connectivity index (χ2v) is 3.28. The van der Waals surface area contributed by atoms with E-state index in [-0.39, 0.29) is 11.6 Å². The van der Waals surface area contributed by atoms with Crippen molar-refractivity contribution in [2.24, 2.45) is 5.73 Å². The van der Waals surface area contributed by atoms with Crippen molar-refractivity contribution in [3.8, 4) is 0 Å². The summed E-state index contributed by atoms with van der Waals surface area (Å²) in [5.74, 6) is -3.19. The van der Waals surface area contributed by atoms with E-state index in [2.05, 4.69) is 0 Å². The average molecular weight is 201 g/mol. The van der Waals surface area contributed by atoms with Crippen LogP contribution < -0.4 is 5.73 Å². The van der Waals surface area contributed by atoms with Gasteiger partial charge in [0.2, 0.25) is 0 Å². The van der Waals surface area contributed by atoms with Crippen LogP contribution in [0.4, 0.5) is 8.78 Å². The number of aliphatic hydroxyl groups is 1. The van der Waals surface area contributed by atoms with Crippen molar-refractivity contribution in [2.75, 3.05) is 6.61 Å². The number of hydrogen-bond donors (Lipinski definition) is 2. The van der Waals surface area contributed by atoms with E-state index in [0.29, 0.717) is 5.56 Å². The van der Waals surface area contributed by atoms with Gasteiger partial charge in [0.05, 0.1) is 0 Å². The zero-order chi connectivity index (χ0) is 10.8. The maximum atomic E-state index is 13.0. The monoisotopic (exact) mass is 201 g/mol. The normalized spacial score (nSPS) is 14.1. The molecule has 4 heteroatoms. The smallest absolute Gasteiger partial charge is 0.295 e. The Bertz CT molecular complexity index is 313. The first-order valence-electron chi connectivity index (χ1n) is 4.32. The van der Waals surface area contributed by atoms with Gasteiger partial charge in [-0.05, 0) is 18.6 Å². The van der Waals surface area contributed by atoms with E-state index in [4.69, 9.17) is 10.8 Å². The van der Waals surface area contributed by atoms with Crippen LogP contribution in [0.25, 0.3) is 0 Å². The number of alkyl halides is 2. The van der Waals surface area contributed by atoms with Gasteiger partial charge in [-0.2, -0.15) is 8.78 Å². The van der Waals surface area contributed by atoms with E-state index in [1.54, 1.807) is 13.0 Å². The number of rotatable bonds is 3. The van der Waals surface area contributed by atoms with E-state index in [0.717, 1.165) is 0 Å². The molecular formula is C10H13F2NO. The molecule has 3 N–H and O–H groups in total. The molecule has 14 heavy (non-hydrogen) atoms. The van der Waals surface area contributed by atoms with Crippen LogP contribution in [0.15, 0.2) is 24.3 Å². The van der Waals surface area contributed by atoms with Gasteiger partial charge >= 0.3 is 0 Å². The summed E-state index contributed by atoms with van der Waals surface area (Å²) < 4.78 is 26.1. The molecule has 0 aliphatic carbocycles. The molecule has 0 radical (unpaired) electrons. The zero-order valence-corrected chi connectivity index (χ0v) is 7.87. The quantitative estimate of drug-likeness (QED) is 0.783. The maximum absolute atomic E-state index is 13.0. The van der Waals surface area contributed by atoms with Crippen LogP contribution in [0.5, 0.6) is 0 Å². The summed E-state index contributed by atoms with van der Waals surface area (Å²) >= 11 is 0. The largest absolute Gasteiger partial charge is 0.390 e. The molecule has 78 valence electrons. The molecular weight excluding hydrogens is 188 g/mol. The molecule has 0 saturated heterocycles. The molecule has 0 bridgehead atoms. The van der Waals surface area contributed by atoms with E-state index < -0.39 is 12.5 Å². The number of nitrogens with two attached hydrogens (primary N) is 1. The van der Waals surface area contributed by atoms with E-state index in [1.807, 2.05) is 0 Å². The molecule has 0 aliphatic heterocycles. The molecule has 0 amide bonds. The minimum absolute atomic E-state index is 0.199. The van der Waals surface area contributed by atoms with Gasteiger partial charge in [-0.3, -0.25) is 0 Å². The Hall–Kier alpha value is -1.00. The minimum atomic E-state index is -3.19. The van der Waals surface area contributed by atoms with Crippen molar-refractivity contribution >= 4 is 0 Å². The summed E-state index contributed by atoms with van der Waals surface area (Å²) in [4.78, 5) is 0. The first-order chi connectivity index (χ1) is 6.47. The third-order valence-electron chi connectivity index (χ3n) is 2.03. The van der Waals surface area contributed by atoms with Crippen LogP contribution in [0.1, 0.15) is 24.1 Å². The van der Waals surface area contributed by atoms with E-state index in [1.165, 1.54) is 18.2 Å². The standard InChI is InChI=1S/C10H13F2NO/c1-7(13)8-3-2-4-9(5-8)10(11,12)6-14/h2-5,7,14H,6,13H2,1H3/t7-/m1/s1. The number of halogens is 2. The molecule has 0 fully saturated rings. The van der Waals surface area contributed by atoms with Crippen LogP contribution in [0, 0.1) is 0 Å². The Morgan fingerprint density at radius 2 is 2.14 bits per heavy atom. The highest BCUT2D eigenvalue weighted by Gasteiger charge is 2.30. The van der Waals surface area contributed by atoms with Crippen LogP contribution in [0.2, 0.25) is 0 Å². The number of hydrogen-bond acceptors (Lipinski definition) is 2. The summed E-state index contributed by atoms with van der Waals surface area (Å²) in [6, 6.07) is 5.51. The van der Waals surface area contributed by atoms with Crippen LogP contribution in [-0.2, 0) is 5.92 Å². The van der Waals surface area contributed by atoms with Crippen molar-refractivity contribution in [2.45, 2.75) is 18.9 Å². The lowest BCUT2D eigenvalue weighted by atomic mass is 10.0. The van der Waals surface area contributed by atoms with Gasteiger partial charge in [-0.15, -0.1) is 0 Å². The van der Waals surface area contributed by atoms with Crippen molar-refractivity contribution in [1.82, 2.24) is 0 Å². The minimum Gasteiger partial charge on any atom is -0.390 e. The molecule has 0 saturated carbocycles. The fraction of sp³-hybridized carbons (Fsp3) is 0.400. The molecule has 0 aliphatic rings. The predicted molar refractivity (Wildman–Crippen MR) is 50.0 cm³/mol. The predicted octanol–water partition coefficient (Wildman–Crippen LogP) is 1.79. The summed E-state index contributed by atoms with van der Waals surface area (Å²) in [5, 5.41) is 8.50. The van der Waals surface area contributed by atoms with Gasteiger partial charge in [0.25, 0.3) is 5.92 Å². The Morgan fingerprint density at radius 1 is 1.50 bits per heavy atom. The van der Waals surface area contributed by atoms with Crippen molar-refractivity contribution < 1.29 is 13.9 Å². The lowest BCUT2D eigenvalue weighted by Crippen LogP contribution is -2.19. The van der Waals surface area contributed by atoms with Crippen molar-refractivity contribution in [1.29, 1.82) is 0 Å². The number of benzene rings is 1. The van der Waals surface area contributed by atoms with Crippen LogP contribution in [-0.4, -0.2) is 11.7 Å². The first kappa shape index (κ1) is 11.1. The summed E-state index contributed by atoms with van der Waals surface area (Å²) in [6.07, 6.45) is 0. The van der Waals surface area contributed by atoms with Gasteiger partial charge in [0, 0.05) is 11.6 Å². The van der Waals surface area contributed by atoms with E-state index >= 15 is 0 Å². The lowest BCUT2D eigenvalue weighted by Gasteiger charge is -2.15. The second-order valence-electron chi connectivity index (χ2n) is 3.28. The van der Waals surface area contributed by atoms with E-state index in [9.17, 15) is 8.78 Å². The maximum Gasteiger partial charge on any atom is 0.295 e. The Kier molecular flexibility index (Phi) is 3.18. The number of aliphatic hydroxyl groups excluding tert-OH is 1. The topological polar surface area (TPSA) is 46.2 Å². The third kappa shape index (κ3) is 2.27. The molecule has 1 aromatic carbocycles. The Morgan fingerprint density at radius 3 is 2.64 bits per heavy atom. The highest BCUT2D eigenvalue weighted by Crippen LogP contribution is 2.28. The van der Waals surface area contributed by atoms with Gasteiger partial charge in [-0.1, -0.05) is 18.2 Å². The summed E-state index contributed by atoms with van der Waals surface area (Å²) in [5.41, 5.74) is 6.00. The average Bonchev–Trinajstić information content (AvgIpc) is 2.18. The molecule has 0 unspecified atom stereocenters. The molecule has 0 aromatic heterocycles. The Balaban J connectivity index is 3.05. The van der Waals surface area contributed by atoms with Crippen molar-refractivity contribution in [3.63, 3.8) is 0 Å². The molecule has 2 nitrogen and oxygen atoms in total. The Labute approximate surface area is 81.4 Å². The van der Waals surface area contributed by atoms with Crippen LogP contribution in [0.3, 0.4) is 0 Å². The van der Waals surface area contributed by atoms with Gasteiger partial charge in [0.15, 0.2) is 0 Å². The van der Waals surface area contributed by atoms with Crippen molar-refractivity contribution in [3.05, 3.63) is 35.4 Å². The van der Waals surface area contributed by atoms with Gasteiger partial charge < -0.3 is 10.8 Å². The highest BCUT2D eigenvalue weighted by molar-refractivity contribution is 5.28. The molecule has 1 atom stereocenters. The highest BCUT2D eigenvalue weighted by atomic mass is 19.3. The van der Waals surface area contributed by atoms with Gasteiger partial charge in [0.1, 0.15) is 6.61 Å². The fourth-order valence-electron chi connectivity index (χ4n) is 1.14. The molecule has 0 heterocycles. The third-order valence-corrected chi connectivity index (χ3v) is 2.03. The first-order valence-corrected chi connectivity index (χ1v) is 4.32. The second kappa shape index (κ2) is 4.02. The zero-order valence-electron chi connectivity index (χ0n) is 7.87. The summed E-state index contributed by atoms with van der Waals surface area (Å²) in [6.45, 7) is 0.533. The molecule has 1 aromatic rings. The molecule has 0 spiro atoms. The molecule has 1 rings (SSSR count). The summed E-state index contributed by atoms with van der Waals surface area (Å²) in [7, 11) is 0. The lowest BCUT2D eigenvalue weighted by molar-refractivity contribution is -0.0556. The van der Waals surface area contributed by atoms with Crippen LogP contribution >= 0.6 is 0 Å². The fourth-order valence-corrected chi connectivity index (χ4v) is 1.14. The SMILES string of the molecule is C[C@@H](N)c1cccc(C(F)(F)CO)c1.